The lowest BCUT2D eigenvalue weighted by Crippen LogP contribution is -2.54. The maximum Gasteiger partial charge on any atom is 0.240 e. The van der Waals surface area contributed by atoms with Gasteiger partial charge in [0.2, 0.25) is 5.91 Å². The number of nitrogens with one attached hydrogen (secondary N) is 1. The van der Waals surface area contributed by atoms with Crippen molar-refractivity contribution in [2.45, 2.75) is 32.9 Å². The quantitative estimate of drug-likeness (QED) is 0.875. The first-order valence-electron chi connectivity index (χ1n) is 6.98. The van der Waals surface area contributed by atoms with Gasteiger partial charge in [0.25, 0.3) is 0 Å². The molecule has 20 heavy (non-hydrogen) atoms. The first-order valence-corrected chi connectivity index (χ1v) is 6.98. The third kappa shape index (κ3) is 4.12. The van der Waals surface area contributed by atoms with Gasteiger partial charge >= 0.3 is 0 Å². The van der Waals surface area contributed by atoms with Crippen molar-refractivity contribution in [3.05, 3.63) is 29.8 Å². The van der Waals surface area contributed by atoms with Crippen LogP contribution in [0.4, 0.5) is 0 Å². The Morgan fingerprint density at radius 2 is 2.00 bits per heavy atom. The molecule has 0 spiro atoms. The smallest absolute Gasteiger partial charge is 0.240 e. The second-order valence-corrected chi connectivity index (χ2v) is 4.72. The van der Waals surface area contributed by atoms with Crippen LogP contribution < -0.4 is 10.1 Å². The second kappa shape index (κ2) is 8.12. The van der Waals surface area contributed by atoms with E-state index in [0.717, 1.165) is 30.8 Å². The minimum atomic E-state index is 0. The Labute approximate surface area is 126 Å². The first kappa shape index (κ1) is 16.8. The number of nitrogens with zero attached hydrogens (tertiary/aromatic N) is 1. The van der Waals surface area contributed by atoms with Gasteiger partial charge in [-0.1, -0.05) is 12.1 Å². The normalized spacial score (nSPS) is 16.8. The molecule has 0 saturated carbocycles. The summed E-state index contributed by atoms with van der Waals surface area (Å²) in [5.41, 5.74) is 1.14. The standard InChI is InChI=1S/C15H22N2O2.ClH/c1-3-17(15(18)14-9-10-16-14)11-12-5-7-13(8-6-12)19-4-2;/h5-8,14,16H,3-4,9-11H2,1-2H3;1H. The van der Waals surface area contributed by atoms with E-state index in [9.17, 15) is 4.79 Å². The van der Waals surface area contributed by atoms with Gasteiger partial charge < -0.3 is 15.0 Å². The minimum absolute atomic E-state index is 0. The fourth-order valence-electron chi connectivity index (χ4n) is 2.14. The van der Waals surface area contributed by atoms with Crippen LogP contribution in [0.3, 0.4) is 0 Å². The van der Waals surface area contributed by atoms with E-state index in [1.165, 1.54) is 0 Å². The van der Waals surface area contributed by atoms with Crippen molar-refractivity contribution in [1.82, 2.24) is 10.2 Å². The molecule has 1 unspecified atom stereocenters. The zero-order valence-electron chi connectivity index (χ0n) is 12.1. The molecule has 0 aromatic heterocycles. The number of rotatable bonds is 6. The van der Waals surface area contributed by atoms with Crippen molar-refractivity contribution in [2.75, 3.05) is 19.7 Å². The van der Waals surface area contributed by atoms with E-state index in [-0.39, 0.29) is 24.4 Å². The zero-order chi connectivity index (χ0) is 13.7. The van der Waals surface area contributed by atoms with E-state index < -0.39 is 0 Å². The maximum atomic E-state index is 12.2. The number of carbonyl (C=O) groups excluding carboxylic acids is 1. The topological polar surface area (TPSA) is 41.6 Å². The summed E-state index contributed by atoms with van der Waals surface area (Å²) in [5, 5.41) is 3.16. The van der Waals surface area contributed by atoms with Gasteiger partial charge in [0.05, 0.1) is 12.6 Å². The zero-order valence-corrected chi connectivity index (χ0v) is 12.9. The summed E-state index contributed by atoms with van der Waals surface area (Å²) in [6.45, 7) is 7.02. The summed E-state index contributed by atoms with van der Waals surface area (Å²) in [6.07, 6.45) is 0.957. The van der Waals surface area contributed by atoms with Gasteiger partial charge in [-0.05, 0) is 44.5 Å². The lowest BCUT2D eigenvalue weighted by molar-refractivity contribution is -0.135. The third-order valence-electron chi connectivity index (χ3n) is 3.42. The van der Waals surface area contributed by atoms with Crippen LogP contribution in [-0.4, -0.2) is 36.5 Å². The molecule has 1 aromatic rings. The lowest BCUT2D eigenvalue weighted by Gasteiger charge is -2.32. The largest absolute Gasteiger partial charge is 0.494 e. The molecule has 1 aromatic carbocycles. The fourth-order valence-corrected chi connectivity index (χ4v) is 2.14. The highest BCUT2D eigenvalue weighted by Gasteiger charge is 2.28. The second-order valence-electron chi connectivity index (χ2n) is 4.72. The lowest BCUT2D eigenvalue weighted by atomic mass is 10.1. The van der Waals surface area contributed by atoms with Gasteiger partial charge in [0, 0.05) is 13.1 Å². The number of hydrogen-bond acceptors (Lipinski definition) is 3. The van der Waals surface area contributed by atoms with Gasteiger partial charge in [-0.2, -0.15) is 0 Å². The van der Waals surface area contributed by atoms with Crippen molar-refractivity contribution < 1.29 is 9.53 Å². The van der Waals surface area contributed by atoms with Gasteiger partial charge in [0.15, 0.2) is 0 Å². The molecule has 1 aliphatic rings. The van der Waals surface area contributed by atoms with E-state index >= 15 is 0 Å². The number of carbonyl (C=O) groups is 1. The summed E-state index contributed by atoms with van der Waals surface area (Å²) in [7, 11) is 0. The van der Waals surface area contributed by atoms with Crippen molar-refractivity contribution in [3.63, 3.8) is 0 Å². The molecular formula is C15H23ClN2O2. The van der Waals surface area contributed by atoms with E-state index in [1.54, 1.807) is 0 Å². The molecule has 0 bridgehead atoms. The van der Waals surface area contributed by atoms with E-state index in [2.05, 4.69) is 5.32 Å². The summed E-state index contributed by atoms with van der Waals surface area (Å²) >= 11 is 0. The number of amides is 1. The molecule has 0 radical (unpaired) electrons. The molecule has 1 fully saturated rings. The Morgan fingerprint density at radius 1 is 1.35 bits per heavy atom. The fraction of sp³-hybridized carbons (Fsp3) is 0.533. The number of benzene rings is 1. The van der Waals surface area contributed by atoms with Gasteiger partial charge in [-0.25, -0.2) is 0 Å². The Kier molecular flexibility index (Phi) is 6.82. The number of halogens is 1. The number of likely N-dealkylation sites (N-methyl/N-ethyl adjacent to an activating group) is 1. The predicted octanol–water partition coefficient (Wildman–Crippen LogP) is 2.22. The molecule has 112 valence electrons. The van der Waals surface area contributed by atoms with Crippen LogP contribution in [-0.2, 0) is 11.3 Å². The first-order chi connectivity index (χ1) is 9.24. The summed E-state index contributed by atoms with van der Waals surface area (Å²) in [6, 6.07) is 7.99. The third-order valence-corrected chi connectivity index (χ3v) is 3.42. The molecule has 1 amide bonds. The molecule has 4 nitrogen and oxygen atoms in total. The summed E-state index contributed by atoms with van der Waals surface area (Å²) in [5.74, 6) is 1.09. The molecule has 0 aliphatic carbocycles. The van der Waals surface area contributed by atoms with Crippen molar-refractivity contribution in [3.8, 4) is 5.75 Å². The highest BCUT2D eigenvalue weighted by atomic mass is 35.5. The predicted molar refractivity (Wildman–Crippen MR) is 82.4 cm³/mol. The summed E-state index contributed by atoms with van der Waals surface area (Å²) < 4.78 is 5.41. The van der Waals surface area contributed by atoms with Gasteiger partial charge in [-0.3, -0.25) is 4.79 Å². The van der Waals surface area contributed by atoms with Gasteiger partial charge in [-0.15, -0.1) is 12.4 Å². The Balaban J connectivity index is 0.00000200. The molecular weight excluding hydrogens is 276 g/mol. The Hall–Kier alpha value is -1.26. The molecule has 5 heteroatoms. The van der Waals surface area contributed by atoms with Crippen LogP contribution >= 0.6 is 12.4 Å². The van der Waals surface area contributed by atoms with Crippen molar-refractivity contribution >= 4 is 18.3 Å². The SMILES string of the molecule is CCOc1ccc(CN(CC)C(=O)C2CCN2)cc1.Cl. The molecule has 2 rings (SSSR count). The monoisotopic (exact) mass is 298 g/mol. The molecule has 1 N–H and O–H groups in total. The molecule has 1 atom stereocenters. The number of hydrogen-bond donors (Lipinski definition) is 1. The highest BCUT2D eigenvalue weighted by Crippen LogP contribution is 2.15. The Bertz CT molecular complexity index is 418. The van der Waals surface area contributed by atoms with Crippen LogP contribution in [0.2, 0.25) is 0 Å². The maximum absolute atomic E-state index is 12.2. The summed E-state index contributed by atoms with van der Waals surface area (Å²) in [4.78, 5) is 14.1. The van der Waals surface area contributed by atoms with Gasteiger partial charge in [0.1, 0.15) is 5.75 Å². The highest BCUT2D eigenvalue weighted by molar-refractivity contribution is 5.85. The Morgan fingerprint density at radius 3 is 2.45 bits per heavy atom. The molecule has 1 heterocycles. The van der Waals surface area contributed by atoms with E-state index in [1.807, 2.05) is 43.0 Å². The van der Waals surface area contributed by atoms with Crippen LogP contribution in [0.15, 0.2) is 24.3 Å². The van der Waals surface area contributed by atoms with E-state index in [4.69, 9.17) is 4.74 Å². The van der Waals surface area contributed by atoms with E-state index in [0.29, 0.717) is 13.2 Å². The van der Waals surface area contributed by atoms with Crippen molar-refractivity contribution in [2.24, 2.45) is 0 Å². The average Bonchev–Trinajstić information content (AvgIpc) is 2.36. The van der Waals surface area contributed by atoms with Crippen LogP contribution in [0.1, 0.15) is 25.8 Å². The minimum Gasteiger partial charge on any atom is -0.494 e. The average molecular weight is 299 g/mol. The van der Waals surface area contributed by atoms with Crippen LogP contribution in [0.5, 0.6) is 5.75 Å². The van der Waals surface area contributed by atoms with Crippen LogP contribution in [0, 0.1) is 0 Å². The van der Waals surface area contributed by atoms with Crippen LogP contribution in [0.25, 0.3) is 0 Å². The molecule has 1 aliphatic heterocycles. The molecule has 1 saturated heterocycles. The van der Waals surface area contributed by atoms with Crippen molar-refractivity contribution in [1.29, 1.82) is 0 Å². The number of ether oxygens (including phenoxy) is 1.